The zero-order valence-corrected chi connectivity index (χ0v) is 15.9. The minimum atomic E-state index is 0.0256. The molecule has 0 radical (unpaired) electrons. The van der Waals surface area contributed by atoms with Crippen LogP contribution in [0.25, 0.3) is 10.9 Å². The Kier molecular flexibility index (Phi) is 6.23. The molecule has 134 valence electrons. The third-order valence-corrected chi connectivity index (χ3v) is 5.13. The van der Waals surface area contributed by atoms with Crippen LogP contribution in [0, 0.1) is 6.92 Å². The van der Waals surface area contributed by atoms with E-state index in [4.69, 9.17) is 0 Å². The van der Waals surface area contributed by atoms with E-state index in [1.165, 1.54) is 11.8 Å². The molecule has 2 aromatic carbocycles. The molecule has 5 heteroatoms. The topological polar surface area (TPSA) is 54.9 Å². The molecule has 0 aliphatic carbocycles. The van der Waals surface area contributed by atoms with Crippen LogP contribution in [0.15, 0.2) is 59.6 Å². The van der Waals surface area contributed by atoms with Gasteiger partial charge in [-0.25, -0.2) is 9.97 Å². The summed E-state index contributed by atoms with van der Waals surface area (Å²) < 4.78 is 0. The van der Waals surface area contributed by atoms with Gasteiger partial charge < -0.3 is 5.32 Å². The molecule has 0 bridgehead atoms. The zero-order valence-electron chi connectivity index (χ0n) is 15.1. The van der Waals surface area contributed by atoms with Crippen molar-refractivity contribution in [3.63, 3.8) is 0 Å². The standard InChI is InChI=1S/C21H23N3OS/c1-3-9-18(16-10-5-4-6-11-16)24-20(25)14-26-21-17-12-7-8-13-19(17)22-15(2)23-21/h4-8,10-13,18H,3,9,14H2,1-2H3,(H,24,25)/t18-/m0/s1. The van der Waals surface area contributed by atoms with Gasteiger partial charge in [0.1, 0.15) is 10.9 Å². The van der Waals surface area contributed by atoms with Crippen molar-refractivity contribution in [1.29, 1.82) is 0 Å². The van der Waals surface area contributed by atoms with E-state index in [1.54, 1.807) is 0 Å². The largest absolute Gasteiger partial charge is 0.349 e. The fourth-order valence-corrected chi connectivity index (χ4v) is 3.81. The summed E-state index contributed by atoms with van der Waals surface area (Å²) in [4.78, 5) is 21.5. The normalized spacial score (nSPS) is 12.1. The fraction of sp³-hybridized carbons (Fsp3) is 0.286. The lowest BCUT2D eigenvalue weighted by molar-refractivity contribution is -0.119. The van der Waals surface area contributed by atoms with E-state index >= 15 is 0 Å². The van der Waals surface area contributed by atoms with Crippen LogP contribution in [0.1, 0.15) is 37.2 Å². The van der Waals surface area contributed by atoms with Crippen molar-refractivity contribution < 1.29 is 4.79 Å². The van der Waals surface area contributed by atoms with E-state index in [0.29, 0.717) is 5.75 Å². The van der Waals surface area contributed by atoms with Gasteiger partial charge in [0.05, 0.1) is 17.3 Å². The van der Waals surface area contributed by atoms with Gasteiger partial charge in [-0.3, -0.25) is 4.79 Å². The lowest BCUT2D eigenvalue weighted by atomic mass is 10.0. The third kappa shape index (κ3) is 4.61. The summed E-state index contributed by atoms with van der Waals surface area (Å²) in [5.41, 5.74) is 2.06. The van der Waals surface area contributed by atoms with Gasteiger partial charge in [-0.2, -0.15) is 0 Å². The van der Waals surface area contributed by atoms with Gasteiger partial charge in [-0.1, -0.05) is 73.6 Å². The van der Waals surface area contributed by atoms with Crippen LogP contribution in [0.5, 0.6) is 0 Å². The maximum absolute atomic E-state index is 12.5. The van der Waals surface area contributed by atoms with Crippen LogP contribution in [-0.2, 0) is 4.79 Å². The Hall–Kier alpha value is -2.40. The third-order valence-electron chi connectivity index (χ3n) is 4.13. The second-order valence-electron chi connectivity index (χ2n) is 6.20. The first-order valence-electron chi connectivity index (χ1n) is 8.88. The maximum atomic E-state index is 12.5. The second-order valence-corrected chi connectivity index (χ2v) is 7.17. The molecular weight excluding hydrogens is 342 g/mol. The number of thioether (sulfide) groups is 1. The zero-order chi connectivity index (χ0) is 18.4. The molecule has 0 aliphatic heterocycles. The van der Waals surface area contributed by atoms with Crippen LogP contribution in [0.2, 0.25) is 0 Å². The number of aromatic nitrogens is 2. The highest BCUT2D eigenvalue weighted by atomic mass is 32.2. The molecule has 0 unspecified atom stereocenters. The lowest BCUT2D eigenvalue weighted by Crippen LogP contribution is -2.30. The van der Waals surface area contributed by atoms with Gasteiger partial charge in [0.25, 0.3) is 0 Å². The number of benzene rings is 2. The first kappa shape index (κ1) is 18.4. The van der Waals surface area contributed by atoms with E-state index in [9.17, 15) is 4.79 Å². The van der Waals surface area contributed by atoms with Crippen molar-refractivity contribution >= 4 is 28.6 Å². The molecule has 3 aromatic rings. The molecule has 3 rings (SSSR count). The number of aryl methyl sites for hydroxylation is 1. The number of nitrogens with zero attached hydrogens (tertiary/aromatic N) is 2. The molecule has 0 saturated heterocycles. The average Bonchev–Trinajstić information content (AvgIpc) is 2.66. The van der Waals surface area contributed by atoms with Gasteiger partial charge >= 0.3 is 0 Å². The summed E-state index contributed by atoms with van der Waals surface area (Å²) in [5, 5.41) is 5.01. The van der Waals surface area contributed by atoms with Gasteiger partial charge in [-0.15, -0.1) is 0 Å². The summed E-state index contributed by atoms with van der Waals surface area (Å²) in [6.45, 7) is 4.01. The Morgan fingerprint density at radius 1 is 1.08 bits per heavy atom. The van der Waals surface area contributed by atoms with Gasteiger partial charge in [0, 0.05) is 5.39 Å². The maximum Gasteiger partial charge on any atom is 0.230 e. The number of fused-ring (bicyclic) bond motifs is 1. The predicted octanol–water partition coefficient (Wildman–Crippen LogP) is 4.69. The number of nitrogens with one attached hydrogen (secondary N) is 1. The SMILES string of the molecule is CCC[C@H](NC(=O)CSc1nc(C)nc2ccccc12)c1ccccc1. The Labute approximate surface area is 158 Å². The molecule has 0 aliphatic rings. The minimum absolute atomic E-state index is 0.0256. The minimum Gasteiger partial charge on any atom is -0.349 e. The molecule has 1 amide bonds. The van der Waals surface area contributed by atoms with Crippen molar-refractivity contribution in [3.8, 4) is 0 Å². The number of hydrogen-bond acceptors (Lipinski definition) is 4. The van der Waals surface area contributed by atoms with E-state index < -0.39 is 0 Å². The molecule has 0 saturated carbocycles. The molecule has 1 heterocycles. The highest BCUT2D eigenvalue weighted by Gasteiger charge is 2.15. The summed E-state index contributed by atoms with van der Waals surface area (Å²) in [6.07, 6.45) is 1.94. The molecule has 0 spiro atoms. The predicted molar refractivity (Wildman–Crippen MR) is 107 cm³/mol. The number of carbonyl (C=O) groups is 1. The number of hydrogen-bond donors (Lipinski definition) is 1. The first-order valence-corrected chi connectivity index (χ1v) is 9.86. The second kappa shape index (κ2) is 8.81. The van der Waals surface area contributed by atoms with Crippen molar-refractivity contribution in [2.75, 3.05) is 5.75 Å². The van der Waals surface area contributed by atoms with E-state index in [0.717, 1.165) is 40.2 Å². The van der Waals surface area contributed by atoms with Crippen LogP contribution in [-0.4, -0.2) is 21.6 Å². The van der Waals surface area contributed by atoms with Gasteiger partial charge in [0.15, 0.2) is 0 Å². The summed E-state index contributed by atoms with van der Waals surface area (Å²) in [7, 11) is 0. The van der Waals surface area contributed by atoms with Crippen LogP contribution >= 0.6 is 11.8 Å². The van der Waals surface area contributed by atoms with Crippen LogP contribution in [0.4, 0.5) is 0 Å². The van der Waals surface area contributed by atoms with E-state index in [1.807, 2.05) is 49.4 Å². The quantitative estimate of drug-likeness (QED) is 0.487. The Morgan fingerprint density at radius 2 is 1.81 bits per heavy atom. The highest BCUT2D eigenvalue weighted by Crippen LogP contribution is 2.25. The molecular formula is C21H23N3OS. The molecule has 1 N–H and O–H groups in total. The van der Waals surface area contributed by atoms with E-state index in [2.05, 4.69) is 34.3 Å². The first-order chi connectivity index (χ1) is 12.7. The Balaban J connectivity index is 1.69. The molecule has 1 aromatic heterocycles. The van der Waals surface area contributed by atoms with E-state index in [-0.39, 0.29) is 11.9 Å². The molecule has 4 nitrogen and oxygen atoms in total. The van der Waals surface area contributed by atoms with Crippen molar-refractivity contribution in [2.24, 2.45) is 0 Å². The van der Waals surface area contributed by atoms with Crippen molar-refractivity contribution in [3.05, 3.63) is 66.0 Å². The van der Waals surface area contributed by atoms with Crippen molar-refractivity contribution in [2.45, 2.75) is 37.8 Å². The summed E-state index contributed by atoms with van der Waals surface area (Å²) >= 11 is 1.46. The number of para-hydroxylation sites is 1. The monoisotopic (exact) mass is 365 g/mol. The Bertz CT molecular complexity index is 883. The smallest absolute Gasteiger partial charge is 0.230 e. The Morgan fingerprint density at radius 3 is 2.58 bits per heavy atom. The van der Waals surface area contributed by atoms with Gasteiger partial charge in [-0.05, 0) is 25.0 Å². The molecule has 1 atom stereocenters. The fourth-order valence-electron chi connectivity index (χ4n) is 2.93. The lowest BCUT2D eigenvalue weighted by Gasteiger charge is -2.18. The number of rotatable bonds is 7. The summed E-state index contributed by atoms with van der Waals surface area (Å²) in [5.74, 6) is 1.09. The average molecular weight is 366 g/mol. The van der Waals surface area contributed by atoms with Crippen molar-refractivity contribution in [1.82, 2.24) is 15.3 Å². The highest BCUT2D eigenvalue weighted by molar-refractivity contribution is 8.00. The number of carbonyl (C=O) groups excluding carboxylic acids is 1. The summed E-state index contributed by atoms with van der Waals surface area (Å²) in [6, 6.07) is 18.1. The molecule has 26 heavy (non-hydrogen) atoms. The molecule has 0 fully saturated rings. The van der Waals surface area contributed by atoms with Gasteiger partial charge in [0.2, 0.25) is 5.91 Å². The van der Waals surface area contributed by atoms with Crippen LogP contribution in [0.3, 0.4) is 0 Å². The number of amides is 1. The van der Waals surface area contributed by atoms with Crippen LogP contribution < -0.4 is 5.32 Å².